The van der Waals surface area contributed by atoms with Crippen molar-refractivity contribution < 1.29 is 14.3 Å². The molecule has 5 nitrogen and oxygen atoms in total. The van der Waals surface area contributed by atoms with Gasteiger partial charge in [-0.05, 0) is 49.2 Å². The lowest BCUT2D eigenvalue weighted by atomic mass is 10.1. The van der Waals surface area contributed by atoms with Gasteiger partial charge in [-0.15, -0.1) is 0 Å². The van der Waals surface area contributed by atoms with Crippen molar-refractivity contribution in [1.82, 2.24) is 9.80 Å². The minimum Gasteiger partial charge on any atom is -0.432 e. The summed E-state index contributed by atoms with van der Waals surface area (Å²) in [6, 6.07) is 7.75. The van der Waals surface area contributed by atoms with Gasteiger partial charge in [0.05, 0.1) is 11.1 Å². The molecule has 142 valence electrons. The molecule has 0 spiro atoms. The summed E-state index contributed by atoms with van der Waals surface area (Å²) in [5.74, 6) is 0.122. The van der Waals surface area contributed by atoms with Crippen LogP contribution in [0.15, 0.2) is 60.7 Å². The van der Waals surface area contributed by atoms with Crippen LogP contribution < -0.4 is 4.74 Å². The van der Waals surface area contributed by atoms with E-state index < -0.39 is 0 Å². The van der Waals surface area contributed by atoms with Crippen molar-refractivity contribution in [1.29, 1.82) is 0 Å². The highest BCUT2D eigenvalue weighted by atomic mass is 32.1. The third-order valence-electron chi connectivity index (χ3n) is 4.24. The average Bonchev–Trinajstić information content (AvgIpc) is 2.89. The van der Waals surface area contributed by atoms with Crippen LogP contribution in [0.25, 0.3) is 0 Å². The summed E-state index contributed by atoms with van der Waals surface area (Å²) in [7, 11) is 3.66. The van der Waals surface area contributed by atoms with E-state index in [9.17, 15) is 9.59 Å². The quantitative estimate of drug-likeness (QED) is 0.391. The second kappa shape index (κ2) is 9.28. The highest BCUT2D eigenvalue weighted by molar-refractivity contribution is 7.80. The number of hydrogen-bond donors (Lipinski definition) is 0. The molecule has 0 fully saturated rings. The van der Waals surface area contributed by atoms with Crippen LogP contribution in [-0.2, 0) is 16.0 Å². The molecule has 0 aliphatic carbocycles. The number of aryl methyl sites for hydroxylation is 1. The third kappa shape index (κ3) is 4.92. The van der Waals surface area contributed by atoms with Gasteiger partial charge in [-0.1, -0.05) is 37.4 Å². The van der Waals surface area contributed by atoms with Crippen molar-refractivity contribution in [2.24, 2.45) is 0 Å². The van der Waals surface area contributed by atoms with Crippen molar-refractivity contribution in [3.63, 3.8) is 0 Å². The minimum absolute atomic E-state index is 0.289. The van der Waals surface area contributed by atoms with Crippen LogP contribution in [-0.4, -0.2) is 47.4 Å². The number of unbranched alkanes of at least 4 members (excludes halogenated alkanes) is 1. The first kappa shape index (κ1) is 20.6. The summed E-state index contributed by atoms with van der Waals surface area (Å²) >= 11 is 5.11. The second-order valence-corrected chi connectivity index (χ2v) is 6.71. The van der Waals surface area contributed by atoms with E-state index in [1.165, 1.54) is 17.1 Å². The van der Waals surface area contributed by atoms with E-state index in [1.807, 2.05) is 38.4 Å². The fourth-order valence-corrected chi connectivity index (χ4v) is 2.82. The number of amides is 2. The molecule has 0 saturated heterocycles. The molecular formula is C21H24N2O3S. The van der Waals surface area contributed by atoms with Gasteiger partial charge in [-0.3, -0.25) is 14.5 Å². The van der Waals surface area contributed by atoms with Gasteiger partial charge in [0.2, 0.25) is 0 Å². The Bertz CT molecular complexity index is 764. The Balaban J connectivity index is 1.81. The molecule has 1 aliphatic heterocycles. The molecule has 1 aromatic rings. The molecule has 1 heterocycles. The third-order valence-corrected chi connectivity index (χ3v) is 4.69. The van der Waals surface area contributed by atoms with Crippen LogP contribution in [0.5, 0.6) is 5.75 Å². The molecule has 1 aromatic carbocycles. The van der Waals surface area contributed by atoms with Crippen molar-refractivity contribution >= 4 is 29.2 Å². The molecule has 0 radical (unpaired) electrons. The molecule has 0 saturated carbocycles. The van der Waals surface area contributed by atoms with Gasteiger partial charge >= 0.3 is 0 Å². The van der Waals surface area contributed by atoms with Crippen LogP contribution in [0, 0.1) is 0 Å². The smallest absolute Gasteiger partial charge is 0.264 e. The fraction of sp³-hybridized carbons (Fsp3) is 0.286. The molecule has 1 aliphatic rings. The Labute approximate surface area is 165 Å². The van der Waals surface area contributed by atoms with Gasteiger partial charge in [0.1, 0.15) is 5.75 Å². The summed E-state index contributed by atoms with van der Waals surface area (Å²) in [6.07, 6.45) is 5.28. The lowest BCUT2D eigenvalue weighted by Gasteiger charge is -2.15. The predicted molar refractivity (Wildman–Crippen MR) is 110 cm³/mol. The number of rotatable bonds is 8. The van der Waals surface area contributed by atoms with E-state index >= 15 is 0 Å². The topological polar surface area (TPSA) is 49.9 Å². The largest absolute Gasteiger partial charge is 0.432 e. The molecular weight excluding hydrogens is 360 g/mol. The number of carbonyl (C=O) groups excluding carboxylic acids is 2. The van der Waals surface area contributed by atoms with Crippen LogP contribution >= 0.6 is 12.2 Å². The predicted octanol–water partition coefficient (Wildman–Crippen LogP) is 3.27. The zero-order valence-corrected chi connectivity index (χ0v) is 16.6. The van der Waals surface area contributed by atoms with Crippen molar-refractivity contribution in [2.45, 2.75) is 19.3 Å². The summed E-state index contributed by atoms with van der Waals surface area (Å²) < 4.78 is 5.54. The van der Waals surface area contributed by atoms with Crippen LogP contribution in [0.1, 0.15) is 18.4 Å². The number of nitrogens with zero attached hydrogens (tertiary/aromatic N) is 2. The highest BCUT2D eigenvalue weighted by Crippen LogP contribution is 2.23. The fourth-order valence-electron chi connectivity index (χ4n) is 2.73. The maximum atomic E-state index is 12.3. The average molecular weight is 385 g/mol. The SMILES string of the molecule is C=CC1=C(C=C)C(=O)N(CCCCc2ccc(OC(=S)N(C)C)cc2)C1=O. The maximum Gasteiger partial charge on any atom is 0.264 e. The molecule has 2 amide bonds. The summed E-state index contributed by atoms with van der Waals surface area (Å²) in [5.41, 5.74) is 1.83. The molecule has 2 rings (SSSR count). The van der Waals surface area contributed by atoms with Crippen molar-refractivity contribution in [3.8, 4) is 5.75 Å². The van der Waals surface area contributed by atoms with Crippen molar-refractivity contribution in [2.75, 3.05) is 20.6 Å². The Morgan fingerprint density at radius 2 is 1.63 bits per heavy atom. The van der Waals surface area contributed by atoms with E-state index in [2.05, 4.69) is 13.2 Å². The van der Waals surface area contributed by atoms with Gasteiger partial charge in [0.25, 0.3) is 17.0 Å². The Hall–Kier alpha value is -2.73. The zero-order chi connectivity index (χ0) is 20.0. The van der Waals surface area contributed by atoms with Gasteiger partial charge in [-0.2, -0.15) is 0 Å². The molecule has 27 heavy (non-hydrogen) atoms. The zero-order valence-electron chi connectivity index (χ0n) is 15.7. The first-order valence-electron chi connectivity index (χ1n) is 8.72. The molecule has 0 N–H and O–H groups in total. The lowest BCUT2D eigenvalue weighted by Crippen LogP contribution is -2.32. The van der Waals surface area contributed by atoms with Crippen molar-refractivity contribution in [3.05, 3.63) is 66.3 Å². The first-order chi connectivity index (χ1) is 12.9. The van der Waals surface area contributed by atoms with E-state index in [0.29, 0.717) is 28.6 Å². The Morgan fingerprint density at radius 3 is 2.11 bits per heavy atom. The number of thiocarbonyl (C=S) groups is 1. The number of hydrogen-bond acceptors (Lipinski definition) is 4. The first-order valence-corrected chi connectivity index (χ1v) is 9.13. The molecule has 0 aromatic heterocycles. The number of ether oxygens (including phenoxy) is 1. The number of carbonyl (C=O) groups is 2. The Morgan fingerprint density at radius 1 is 1.07 bits per heavy atom. The van der Waals surface area contributed by atoms with E-state index in [1.54, 1.807) is 4.90 Å². The number of benzene rings is 1. The highest BCUT2D eigenvalue weighted by Gasteiger charge is 2.34. The minimum atomic E-state index is -0.289. The molecule has 0 bridgehead atoms. The summed E-state index contributed by atoms with van der Waals surface area (Å²) in [4.78, 5) is 27.5. The van der Waals surface area contributed by atoms with E-state index in [-0.39, 0.29) is 11.8 Å². The number of imide groups is 1. The summed E-state index contributed by atoms with van der Waals surface area (Å²) in [6.45, 7) is 7.60. The molecule has 0 atom stereocenters. The van der Waals surface area contributed by atoms with Gasteiger partial charge < -0.3 is 9.64 Å². The molecule has 0 unspecified atom stereocenters. The van der Waals surface area contributed by atoms with Gasteiger partial charge in [-0.25, -0.2) is 0 Å². The molecule has 6 heteroatoms. The standard InChI is InChI=1S/C21H24N2O3S/c1-5-17-18(6-2)20(25)23(19(17)24)14-8-7-9-15-10-12-16(13-11-15)26-21(27)22(3)4/h5-6,10-13H,1-2,7-9,14H2,3-4H3. The van der Waals surface area contributed by atoms with Gasteiger partial charge in [0, 0.05) is 20.6 Å². The maximum absolute atomic E-state index is 12.3. The summed E-state index contributed by atoms with van der Waals surface area (Å²) in [5, 5.41) is 0.411. The van der Waals surface area contributed by atoms with E-state index in [0.717, 1.165) is 24.8 Å². The van der Waals surface area contributed by atoms with Crippen LogP contribution in [0.4, 0.5) is 0 Å². The van der Waals surface area contributed by atoms with Crippen LogP contribution in [0.2, 0.25) is 0 Å². The van der Waals surface area contributed by atoms with E-state index in [4.69, 9.17) is 17.0 Å². The second-order valence-electron chi connectivity index (χ2n) is 6.36. The van der Waals surface area contributed by atoms with Crippen LogP contribution in [0.3, 0.4) is 0 Å². The van der Waals surface area contributed by atoms with Gasteiger partial charge in [0.15, 0.2) is 0 Å². The monoisotopic (exact) mass is 384 g/mol. The normalized spacial score (nSPS) is 13.8. The Kier molecular flexibility index (Phi) is 7.07. The lowest BCUT2D eigenvalue weighted by molar-refractivity contribution is -0.137.